The molecule has 0 aromatic heterocycles. The van der Waals surface area contributed by atoms with Crippen LogP contribution in [-0.4, -0.2) is 36.2 Å². The molecule has 1 fully saturated rings. The van der Waals surface area contributed by atoms with Gasteiger partial charge in [0.15, 0.2) is 0 Å². The highest BCUT2D eigenvalue weighted by Gasteiger charge is 2.19. The number of rotatable bonds is 6. The fraction of sp³-hybridized carbons (Fsp3) is 0.800. The summed E-state index contributed by atoms with van der Waals surface area (Å²) >= 11 is 0. The highest BCUT2D eigenvalue weighted by Crippen LogP contribution is 2.10. The third-order valence-electron chi connectivity index (χ3n) is 2.38. The lowest BCUT2D eigenvalue weighted by Gasteiger charge is -2.26. The van der Waals surface area contributed by atoms with Crippen LogP contribution in [0, 0.1) is 5.92 Å². The number of nitrogens with one attached hydrogen (secondary N) is 1. The molecule has 2 atom stereocenters. The summed E-state index contributed by atoms with van der Waals surface area (Å²) in [6, 6.07) is 0. The zero-order valence-electron chi connectivity index (χ0n) is 8.86. The van der Waals surface area contributed by atoms with Crippen molar-refractivity contribution in [3.8, 4) is 0 Å². The van der Waals surface area contributed by atoms with Crippen molar-refractivity contribution in [3.05, 3.63) is 0 Å². The molecule has 0 aliphatic carbocycles. The van der Waals surface area contributed by atoms with Gasteiger partial charge >= 0.3 is 5.97 Å². The third-order valence-corrected chi connectivity index (χ3v) is 2.38. The first-order valence-corrected chi connectivity index (χ1v) is 5.18. The highest BCUT2D eigenvalue weighted by molar-refractivity contribution is 5.77. The first-order chi connectivity index (χ1) is 7.08. The molecule has 0 saturated carbocycles. The van der Waals surface area contributed by atoms with Crippen molar-refractivity contribution < 1.29 is 19.4 Å². The second-order valence-electron chi connectivity index (χ2n) is 3.99. The van der Waals surface area contributed by atoms with Gasteiger partial charge in [-0.3, -0.25) is 9.59 Å². The van der Waals surface area contributed by atoms with Crippen LogP contribution in [0.1, 0.15) is 26.2 Å². The fourth-order valence-corrected chi connectivity index (χ4v) is 1.43. The van der Waals surface area contributed by atoms with Crippen molar-refractivity contribution in [2.24, 2.45) is 5.92 Å². The van der Waals surface area contributed by atoms with E-state index < -0.39 is 5.97 Å². The number of ether oxygens (including phenoxy) is 1. The van der Waals surface area contributed by atoms with Gasteiger partial charge in [0, 0.05) is 26.0 Å². The predicted octanol–water partition coefficient (Wildman–Crippen LogP) is 0.392. The van der Waals surface area contributed by atoms with Crippen molar-refractivity contribution in [2.45, 2.75) is 32.3 Å². The van der Waals surface area contributed by atoms with Gasteiger partial charge in [0.2, 0.25) is 5.91 Å². The van der Waals surface area contributed by atoms with Crippen molar-refractivity contribution in [1.82, 2.24) is 5.32 Å². The molecule has 5 heteroatoms. The topological polar surface area (TPSA) is 75.6 Å². The molecule has 0 spiro atoms. The molecular formula is C10H17NO4. The Morgan fingerprint density at radius 3 is 2.67 bits per heavy atom. The second-order valence-corrected chi connectivity index (χ2v) is 3.99. The number of amides is 1. The van der Waals surface area contributed by atoms with E-state index in [0.717, 1.165) is 13.0 Å². The summed E-state index contributed by atoms with van der Waals surface area (Å²) < 4.78 is 5.14. The quantitative estimate of drug-likeness (QED) is 0.672. The van der Waals surface area contributed by atoms with Gasteiger partial charge in [-0.25, -0.2) is 0 Å². The van der Waals surface area contributed by atoms with Crippen LogP contribution in [0.15, 0.2) is 0 Å². The molecule has 0 bridgehead atoms. The van der Waals surface area contributed by atoms with Crippen molar-refractivity contribution in [1.29, 1.82) is 0 Å². The first kappa shape index (κ1) is 12.0. The molecule has 1 amide bonds. The van der Waals surface area contributed by atoms with E-state index >= 15 is 0 Å². The van der Waals surface area contributed by atoms with Crippen molar-refractivity contribution >= 4 is 11.9 Å². The van der Waals surface area contributed by atoms with Crippen LogP contribution in [0.3, 0.4) is 0 Å². The molecule has 1 rings (SSSR count). The summed E-state index contributed by atoms with van der Waals surface area (Å²) in [7, 11) is 0. The molecular weight excluding hydrogens is 198 g/mol. The summed E-state index contributed by atoms with van der Waals surface area (Å²) in [5.74, 6) is -1.08. The van der Waals surface area contributed by atoms with Crippen LogP contribution >= 0.6 is 0 Å². The summed E-state index contributed by atoms with van der Waals surface area (Å²) in [6.07, 6.45) is 1.45. The largest absolute Gasteiger partial charge is 0.481 e. The van der Waals surface area contributed by atoms with Gasteiger partial charge in [0.05, 0.1) is 6.10 Å². The Labute approximate surface area is 88.8 Å². The molecule has 1 saturated heterocycles. The fourth-order valence-electron chi connectivity index (χ4n) is 1.43. The Morgan fingerprint density at radius 2 is 2.20 bits per heavy atom. The Hall–Kier alpha value is -1.10. The van der Waals surface area contributed by atoms with Crippen LogP contribution in [0.4, 0.5) is 0 Å². The minimum atomic E-state index is -0.863. The molecule has 1 aliphatic heterocycles. The average molecular weight is 215 g/mol. The summed E-state index contributed by atoms with van der Waals surface area (Å²) in [4.78, 5) is 21.7. The lowest BCUT2D eigenvalue weighted by Crippen LogP contribution is -2.40. The van der Waals surface area contributed by atoms with Crippen LogP contribution in [0.5, 0.6) is 0 Å². The van der Waals surface area contributed by atoms with Crippen molar-refractivity contribution in [3.63, 3.8) is 0 Å². The lowest BCUT2D eigenvalue weighted by molar-refractivity contribution is -0.138. The van der Waals surface area contributed by atoms with Gasteiger partial charge in [0.25, 0.3) is 0 Å². The van der Waals surface area contributed by atoms with Gasteiger partial charge in [-0.05, 0) is 12.3 Å². The lowest BCUT2D eigenvalue weighted by atomic mass is 10.0. The Morgan fingerprint density at radius 1 is 1.53 bits per heavy atom. The van der Waals surface area contributed by atoms with Gasteiger partial charge in [-0.2, -0.15) is 0 Å². The summed E-state index contributed by atoms with van der Waals surface area (Å²) in [5, 5.41) is 11.2. The van der Waals surface area contributed by atoms with E-state index in [0.29, 0.717) is 6.54 Å². The monoisotopic (exact) mass is 215 g/mol. The third kappa shape index (κ3) is 4.78. The SMILES string of the molecule is CC(CC(=O)O)CC(=O)NCC1CCO1. The number of carbonyl (C=O) groups is 2. The smallest absolute Gasteiger partial charge is 0.303 e. The number of carboxylic acid groups (broad SMARTS) is 1. The van der Waals surface area contributed by atoms with E-state index in [1.165, 1.54) is 0 Å². The second kappa shape index (κ2) is 5.70. The molecule has 0 aromatic rings. The average Bonchev–Trinajstić information content (AvgIpc) is 1.98. The van der Waals surface area contributed by atoms with E-state index in [-0.39, 0.29) is 30.8 Å². The van der Waals surface area contributed by atoms with Gasteiger partial charge in [-0.15, -0.1) is 0 Å². The molecule has 1 aliphatic rings. The zero-order chi connectivity index (χ0) is 11.3. The number of carbonyl (C=O) groups excluding carboxylic acids is 1. The Bertz CT molecular complexity index is 238. The number of hydrogen-bond acceptors (Lipinski definition) is 3. The maximum absolute atomic E-state index is 11.3. The molecule has 2 unspecified atom stereocenters. The number of hydrogen-bond donors (Lipinski definition) is 2. The minimum Gasteiger partial charge on any atom is -0.481 e. The molecule has 2 N–H and O–H groups in total. The Kier molecular flexibility index (Phi) is 4.55. The first-order valence-electron chi connectivity index (χ1n) is 5.18. The number of carboxylic acids is 1. The van der Waals surface area contributed by atoms with Crippen LogP contribution < -0.4 is 5.32 Å². The van der Waals surface area contributed by atoms with E-state index in [9.17, 15) is 9.59 Å². The minimum absolute atomic E-state index is 0.0351. The molecule has 5 nitrogen and oxygen atoms in total. The standard InChI is InChI=1S/C10H17NO4/c1-7(5-10(13)14)4-9(12)11-6-8-2-3-15-8/h7-8H,2-6H2,1H3,(H,11,12)(H,13,14). The maximum atomic E-state index is 11.3. The van der Waals surface area contributed by atoms with Gasteiger partial charge < -0.3 is 15.2 Å². The van der Waals surface area contributed by atoms with Gasteiger partial charge in [0.1, 0.15) is 0 Å². The highest BCUT2D eigenvalue weighted by atomic mass is 16.5. The van der Waals surface area contributed by atoms with Crippen molar-refractivity contribution in [2.75, 3.05) is 13.2 Å². The molecule has 86 valence electrons. The normalized spacial score (nSPS) is 21.5. The zero-order valence-corrected chi connectivity index (χ0v) is 8.86. The molecule has 1 heterocycles. The van der Waals surface area contributed by atoms with E-state index in [2.05, 4.69) is 5.32 Å². The molecule has 15 heavy (non-hydrogen) atoms. The molecule has 0 aromatic carbocycles. The maximum Gasteiger partial charge on any atom is 0.303 e. The van der Waals surface area contributed by atoms with Crippen LogP contribution in [0.2, 0.25) is 0 Å². The van der Waals surface area contributed by atoms with E-state index in [1.807, 2.05) is 0 Å². The van der Waals surface area contributed by atoms with Crippen LogP contribution in [0.25, 0.3) is 0 Å². The number of aliphatic carboxylic acids is 1. The van der Waals surface area contributed by atoms with Gasteiger partial charge in [-0.1, -0.05) is 6.92 Å². The Balaban J connectivity index is 2.08. The molecule has 0 radical (unpaired) electrons. The predicted molar refractivity (Wildman–Crippen MR) is 53.4 cm³/mol. The summed E-state index contributed by atoms with van der Waals surface area (Å²) in [5.41, 5.74) is 0. The van der Waals surface area contributed by atoms with Crippen LogP contribution in [-0.2, 0) is 14.3 Å². The van der Waals surface area contributed by atoms with E-state index in [4.69, 9.17) is 9.84 Å². The van der Waals surface area contributed by atoms with E-state index in [1.54, 1.807) is 6.92 Å². The summed E-state index contributed by atoms with van der Waals surface area (Å²) in [6.45, 7) is 3.07.